The van der Waals surface area contributed by atoms with Crippen molar-refractivity contribution in [1.82, 2.24) is 9.47 Å². The zero-order chi connectivity index (χ0) is 14.5. The highest BCUT2D eigenvalue weighted by Gasteiger charge is 2.33. The van der Waals surface area contributed by atoms with Gasteiger partial charge in [0.15, 0.2) is 0 Å². The fourth-order valence-corrected chi connectivity index (χ4v) is 2.57. The Morgan fingerprint density at radius 1 is 1.45 bits per heavy atom. The van der Waals surface area contributed by atoms with Crippen LogP contribution >= 0.6 is 0 Å². The average molecular weight is 280 g/mol. The monoisotopic (exact) mass is 280 g/mol. The fraction of sp³-hybridized carbons (Fsp3) is 0.571. The van der Waals surface area contributed by atoms with Gasteiger partial charge in [0.2, 0.25) is 0 Å². The van der Waals surface area contributed by atoms with E-state index in [0.717, 1.165) is 12.8 Å². The molecule has 1 aliphatic rings. The van der Waals surface area contributed by atoms with E-state index in [9.17, 15) is 14.7 Å². The van der Waals surface area contributed by atoms with Crippen LogP contribution in [0, 0.1) is 0 Å². The number of hydrogen-bond acceptors (Lipinski definition) is 3. The number of likely N-dealkylation sites (tertiary alicyclic amines) is 1. The zero-order valence-corrected chi connectivity index (χ0v) is 11.6. The number of nitrogens with zero attached hydrogens (tertiary/aromatic N) is 2. The van der Waals surface area contributed by atoms with Crippen LogP contribution in [0.4, 0.5) is 0 Å². The van der Waals surface area contributed by atoms with Crippen molar-refractivity contribution in [3.63, 3.8) is 0 Å². The van der Waals surface area contributed by atoms with Crippen LogP contribution in [0.15, 0.2) is 18.3 Å². The van der Waals surface area contributed by atoms with Crippen molar-refractivity contribution in [2.75, 3.05) is 20.3 Å². The van der Waals surface area contributed by atoms with Gasteiger partial charge < -0.3 is 19.3 Å². The van der Waals surface area contributed by atoms with E-state index in [4.69, 9.17) is 4.74 Å². The third-order valence-electron chi connectivity index (χ3n) is 3.63. The van der Waals surface area contributed by atoms with Crippen LogP contribution in [0.25, 0.3) is 0 Å². The van der Waals surface area contributed by atoms with E-state index in [2.05, 4.69) is 0 Å². The number of aliphatic carboxylic acids is 1. The molecule has 1 aromatic heterocycles. The van der Waals surface area contributed by atoms with Crippen LogP contribution in [0.3, 0.4) is 0 Å². The molecule has 1 unspecified atom stereocenters. The van der Waals surface area contributed by atoms with E-state index < -0.39 is 12.0 Å². The van der Waals surface area contributed by atoms with E-state index in [-0.39, 0.29) is 5.91 Å². The first kappa shape index (κ1) is 14.6. The lowest BCUT2D eigenvalue weighted by molar-refractivity contribution is -0.143. The predicted octanol–water partition coefficient (Wildman–Crippen LogP) is 1.21. The smallest absolute Gasteiger partial charge is 0.326 e. The lowest BCUT2D eigenvalue weighted by atomic mass is 10.0. The number of rotatable bonds is 5. The van der Waals surface area contributed by atoms with E-state index in [0.29, 0.717) is 31.8 Å². The van der Waals surface area contributed by atoms with Crippen LogP contribution in [0.5, 0.6) is 0 Å². The van der Waals surface area contributed by atoms with Crippen molar-refractivity contribution >= 4 is 11.9 Å². The Hall–Kier alpha value is -1.82. The average Bonchev–Trinajstić information content (AvgIpc) is 2.92. The molecular weight excluding hydrogens is 260 g/mol. The molecule has 1 N–H and O–H groups in total. The van der Waals surface area contributed by atoms with Crippen molar-refractivity contribution in [2.45, 2.75) is 31.8 Å². The molecule has 1 fully saturated rings. The second kappa shape index (κ2) is 6.56. The lowest BCUT2D eigenvalue weighted by Gasteiger charge is -2.33. The van der Waals surface area contributed by atoms with Crippen molar-refractivity contribution in [3.8, 4) is 0 Å². The SMILES string of the molecule is COCCn1cccc1C(=O)N1CCCCC1C(=O)O. The molecule has 1 atom stereocenters. The number of amides is 1. The first-order valence-corrected chi connectivity index (χ1v) is 6.83. The molecule has 0 aromatic carbocycles. The Kier molecular flexibility index (Phi) is 4.79. The van der Waals surface area contributed by atoms with Gasteiger partial charge in [-0.3, -0.25) is 4.79 Å². The molecule has 2 heterocycles. The summed E-state index contributed by atoms with van der Waals surface area (Å²) in [7, 11) is 1.61. The topological polar surface area (TPSA) is 71.8 Å². The third-order valence-corrected chi connectivity index (χ3v) is 3.63. The highest BCUT2D eigenvalue weighted by atomic mass is 16.5. The van der Waals surface area contributed by atoms with E-state index >= 15 is 0 Å². The summed E-state index contributed by atoms with van der Waals surface area (Å²) < 4.78 is 6.82. The zero-order valence-electron chi connectivity index (χ0n) is 11.6. The molecule has 6 nitrogen and oxygen atoms in total. The van der Waals surface area contributed by atoms with Gasteiger partial charge in [-0.05, 0) is 31.4 Å². The van der Waals surface area contributed by atoms with Crippen molar-refractivity contribution < 1.29 is 19.4 Å². The Balaban J connectivity index is 2.17. The molecule has 1 aromatic rings. The number of aromatic nitrogens is 1. The molecule has 0 radical (unpaired) electrons. The molecular formula is C14H20N2O4. The molecule has 1 amide bonds. The van der Waals surface area contributed by atoms with Crippen LogP contribution in [-0.2, 0) is 16.1 Å². The van der Waals surface area contributed by atoms with Crippen LogP contribution in [-0.4, -0.2) is 52.8 Å². The molecule has 0 bridgehead atoms. The van der Waals surface area contributed by atoms with E-state index in [1.807, 2.05) is 6.20 Å². The largest absolute Gasteiger partial charge is 0.480 e. The summed E-state index contributed by atoms with van der Waals surface area (Å²) in [5.41, 5.74) is 0.523. The Morgan fingerprint density at radius 3 is 2.95 bits per heavy atom. The number of carboxylic acids is 1. The van der Waals surface area contributed by atoms with Gasteiger partial charge in [0.25, 0.3) is 5.91 Å². The quantitative estimate of drug-likeness (QED) is 0.880. The summed E-state index contributed by atoms with van der Waals surface area (Å²) in [5, 5.41) is 9.25. The Labute approximate surface area is 117 Å². The second-order valence-corrected chi connectivity index (χ2v) is 4.93. The van der Waals surface area contributed by atoms with E-state index in [1.165, 1.54) is 4.90 Å². The highest BCUT2D eigenvalue weighted by Crippen LogP contribution is 2.20. The minimum Gasteiger partial charge on any atom is -0.480 e. The van der Waals surface area contributed by atoms with Gasteiger partial charge in [0.1, 0.15) is 11.7 Å². The summed E-state index contributed by atoms with van der Waals surface area (Å²) in [6, 6.07) is 2.82. The minimum atomic E-state index is -0.923. The molecule has 0 spiro atoms. The number of carbonyl (C=O) groups is 2. The molecule has 2 rings (SSSR count). The molecule has 1 aliphatic heterocycles. The summed E-state index contributed by atoms with van der Waals surface area (Å²) in [4.78, 5) is 25.3. The summed E-state index contributed by atoms with van der Waals surface area (Å²) >= 11 is 0. The standard InChI is InChI=1S/C14H20N2O4/c1-20-10-9-15-7-4-6-11(15)13(17)16-8-3-2-5-12(16)14(18)19/h4,6-7,12H,2-3,5,8-10H2,1H3,(H,18,19). The molecule has 0 saturated carbocycles. The van der Waals surface area contributed by atoms with Crippen molar-refractivity contribution in [2.24, 2.45) is 0 Å². The lowest BCUT2D eigenvalue weighted by Crippen LogP contribution is -2.48. The van der Waals surface area contributed by atoms with Gasteiger partial charge in [-0.25, -0.2) is 4.79 Å². The second-order valence-electron chi connectivity index (χ2n) is 4.93. The first-order valence-electron chi connectivity index (χ1n) is 6.83. The number of carbonyl (C=O) groups excluding carboxylic acids is 1. The van der Waals surface area contributed by atoms with Crippen molar-refractivity contribution in [3.05, 3.63) is 24.0 Å². The molecule has 6 heteroatoms. The molecule has 110 valence electrons. The predicted molar refractivity (Wildman–Crippen MR) is 72.6 cm³/mol. The number of carboxylic acid groups (broad SMARTS) is 1. The molecule has 20 heavy (non-hydrogen) atoms. The molecule has 0 aliphatic carbocycles. The summed E-state index contributed by atoms with van der Waals surface area (Å²) in [6.45, 7) is 1.60. The van der Waals surface area contributed by atoms with Crippen molar-refractivity contribution in [1.29, 1.82) is 0 Å². The number of ether oxygens (including phenoxy) is 1. The van der Waals surface area contributed by atoms with Crippen LogP contribution < -0.4 is 0 Å². The maximum Gasteiger partial charge on any atom is 0.326 e. The van der Waals surface area contributed by atoms with Gasteiger partial charge >= 0.3 is 5.97 Å². The number of hydrogen-bond donors (Lipinski definition) is 1. The fourth-order valence-electron chi connectivity index (χ4n) is 2.57. The van der Waals surface area contributed by atoms with Gasteiger partial charge in [-0.1, -0.05) is 0 Å². The summed E-state index contributed by atoms with van der Waals surface area (Å²) in [5.74, 6) is -1.13. The number of methoxy groups -OCH3 is 1. The minimum absolute atomic E-state index is 0.210. The molecule has 1 saturated heterocycles. The van der Waals surface area contributed by atoms with Gasteiger partial charge in [-0.2, -0.15) is 0 Å². The maximum atomic E-state index is 12.6. The normalized spacial score (nSPS) is 19.1. The number of piperidine rings is 1. The first-order chi connectivity index (χ1) is 9.65. The van der Waals surface area contributed by atoms with Gasteiger partial charge in [-0.15, -0.1) is 0 Å². The Morgan fingerprint density at radius 2 is 2.25 bits per heavy atom. The maximum absolute atomic E-state index is 12.6. The van der Waals surface area contributed by atoms with Gasteiger partial charge in [0, 0.05) is 26.4 Å². The van der Waals surface area contributed by atoms with Crippen LogP contribution in [0.1, 0.15) is 29.8 Å². The van der Waals surface area contributed by atoms with Gasteiger partial charge in [0.05, 0.1) is 6.61 Å². The third kappa shape index (κ3) is 3.01. The van der Waals surface area contributed by atoms with Crippen LogP contribution in [0.2, 0.25) is 0 Å². The Bertz CT molecular complexity index is 483. The summed E-state index contributed by atoms with van der Waals surface area (Å²) in [6.07, 6.45) is 4.05. The highest BCUT2D eigenvalue weighted by molar-refractivity contribution is 5.95. The van der Waals surface area contributed by atoms with E-state index in [1.54, 1.807) is 23.8 Å².